The number of amides is 1. The van der Waals surface area contributed by atoms with E-state index in [0.717, 1.165) is 0 Å². The number of ether oxygens (including phenoxy) is 1. The number of rotatable bonds is 4. The smallest absolute Gasteiger partial charge is 0.263 e. The summed E-state index contributed by atoms with van der Waals surface area (Å²) in [6.07, 6.45) is -0.863. The second kappa shape index (κ2) is 5.95. The Morgan fingerprint density at radius 3 is 2.32 bits per heavy atom. The predicted molar refractivity (Wildman–Crippen MR) is 75.5 cm³/mol. The van der Waals surface area contributed by atoms with Crippen LogP contribution in [0.3, 0.4) is 0 Å². The fourth-order valence-electron chi connectivity index (χ4n) is 1.60. The lowest BCUT2D eigenvalue weighted by Crippen LogP contribution is -2.26. The second-order valence-electron chi connectivity index (χ2n) is 3.89. The molecule has 0 fully saturated rings. The SMILES string of the molecule is NC(=O)[C@@H](Oc1ccc(Cl)c(Cl)c1)c1ccccc1. The molecule has 0 radical (unpaired) electrons. The van der Waals surface area contributed by atoms with E-state index in [9.17, 15) is 4.79 Å². The van der Waals surface area contributed by atoms with Crippen molar-refractivity contribution in [2.75, 3.05) is 0 Å². The van der Waals surface area contributed by atoms with Gasteiger partial charge in [0, 0.05) is 11.6 Å². The van der Waals surface area contributed by atoms with Gasteiger partial charge in [0.1, 0.15) is 5.75 Å². The first kappa shape index (κ1) is 13.7. The lowest BCUT2D eigenvalue weighted by molar-refractivity contribution is -0.125. The van der Waals surface area contributed by atoms with Crippen LogP contribution in [0, 0.1) is 0 Å². The molecule has 2 aromatic carbocycles. The van der Waals surface area contributed by atoms with Crippen LogP contribution in [-0.4, -0.2) is 5.91 Å². The Hall–Kier alpha value is -1.71. The van der Waals surface area contributed by atoms with E-state index in [1.54, 1.807) is 30.3 Å². The van der Waals surface area contributed by atoms with Crippen molar-refractivity contribution in [2.24, 2.45) is 5.73 Å². The van der Waals surface area contributed by atoms with Crippen molar-refractivity contribution in [2.45, 2.75) is 6.10 Å². The van der Waals surface area contributed by atoms with E-state index in [1.165, 1.54) is 0 Å². The van der Waals surface area contributed by atoms with Crippen molar-refractivity contribution in [3.8, 4) is 5.75 Å². The van der Waals surface area contributed by atoms with E-state index >= 15 is 0 Å². The highest BCUT2D eigenvalue weighted by molar-refractivity contribution is 6.42. The molecule has 0 bridgehead atoms. The highest BCUT2D eigenvalue weighted by Crippen LogP contribution is 2.29. The number of hydrogen-bond acceptors (Lipinski definition) is 2. The number of halogens is 2. The van der Waals surface area contributed by atoms with Crippen LogP contribution < -0.4 is 10.5 Å². The maximum atomic E-state index is 11.5. The molecular weight excluding hydrogens is 285 g/mol. The zero-order chi connectivity index (χ0) is 13.8. The number of primary amides is 1. The molecule has 2 N–H and O–H groups in total. The Bertz CT molecular complexity index is 587. The zero-order valence-corrected chi connectivity index (χ0v) is 11.4. The third-order valence-corrected chi connectivity index (χ3v) is 3.24. The largest absolute Gasteiger partial charge is 0.476 e. The zero-order valence-electron chi connectivity index (χ0n) is 9.85. The molecule has 0 saturated carbocycles. The maximum Gasteiger partial charge on any atom is 0.263 e. The second-order valence-corrected chi connectivity index (χ2v) is 4.70. The van der Waals surface area contributed by atoms with Gasteiger partial charge in [0.15, 0.2) is 0 Å². The van der Waals surface area contributed by atoms with Crippen LogP contribution in [0.15, 0.2) is 48.5 Å². The molecule has 3 nitrogen and oxygen atoms in total. The predicted octanol–water partition coefficient (Wildman–Crippen LogP) is 3.60. The molecule has 0 unspecified atom stereocenters. The Kier molecular flexibility index (Phi) is 4.30. The van der Waals surface area contributed by atoms with Gasteiger partial charge < -0.3 is 10.5 Å². The lowest BCUT2D eigenvalue weighted by Gasteiger charge is -2.16. The number of nitrogens with two attached hydrogens (primary N) is 1. The molecule has 1 amide bonds. The molecule has 19 heavy (non-hydrogen) atoms. The topological polar surface area (TPSA) is 52.3 Å². The van der Waals surface area contributed by atoms with Gasteiger partial charge in [0.25, 0.3) is 5.91 Å². The molecule has 0 heterocycles. The van der Waals surface area contributed by atoms with Gasteiger partial charge in [0.05, 0.1) is 10.0 Å². The summed E-state index contributed by atoms with van der Waals surface area (Å²) in [5.41, 5.74) is 6.04. The van der Waals surface area contributed by atoms with Crippen molar-refractivity contribution in [1.29, 1.82) is 0 Å². The summed E-state index contributed by atoms with van der Waals surface area (Å²) in [6.45, 7) is 0. The van der Waals surface area contributed by atoms with Crippen molar-refractivity contribution < 1.29 is 9.53 Å². The van der Waals surface area contributed by atoms with Crippen LogP contribution in [0.2, 0.25) is 10.0 Å². The van der Waals surface area contributed by atoms with Crippen molar-refractivity contribution in [3.63, 3.8) is 0 Å². The lowest BCUT2D eigenvalue weighted by atomic mass is 10.1. The van der Waals surface area contributed by atoms with Crippen molar-refractivity contribution in [3.05, 3.63) is 64.1 Å². The van der Waals surface area contributed by atoms with Crippen LogP contribution in [0.1, 0.15) is 11.7 Å². The van der Waals surface area contributed by atoms with Gasteiger partial charge in [-0.2, -0.15) is 0 Å². The monoisotopic (exact) mass is 295 g/mol. The Morgan fingerprint density at radius 2 is 1.74 bits per heavy atom. The first-order chi connectivity index (χ1) is 9.08. The van der Waals surface area contributed by atoms with Gasteiger partial charge in [-0.1, -0.05) is 53.5 Å². The third kappa shape index (κ3) is 3.40. The summed E-state index contributed by atoms with van der Waals surface area (Å²) in [5.74, 6) is -0.140. The summed E-state index contributed by atoms with van der Waals surface area (Å²) < 4.78 is 5.58. The highest BCUT2D eigenvalue weighted by atomic mass is 35.5. The van der Waals surface area contributed by atoms with E-state index in [-0.39, 0.29) is 0 Å². The minimum absolute atomic E-state index is 0.357. The van der Waals surface area contributed by atoms with Gasteiger partial charge in [-0.3, -0.25) is 4.79 Å². The van der Waals surface area contributed by atoms with E-state index in [1.807, 2.05) is 18.2 Å². The Labute approximate surface area is 120 Å². The minimum Gasteiger partial charge on any atom is -0.476 e. The fourth-order valence-corrected chi connectivity index (χ4v) is 1.89. The van der Waals surface area contributed by atoms with Gasteiger partial charge >= 0.3 is 0 Å². The van der Waals surface area contributed by atoms with Crippen molar-refractivity contribution >= 4 is 29.1 Å². The summed E-state index contributed by atoms with van der Waals surface area (Å²) in [7, 11) is 0. The highest BCUT2D eigenvalue weighted by Gasteiger charge is 2.19. The van der Waals surface area contributed by atoms with E-state index in [4.69, 9.17) is 33.7 Å². The molecule has 98 valence electrons. The normalized spacial score (nSPS) is 11.9. The Morgan fingerprint density at radius 1 is 1.05 bits per heavy atom. The minimum atomic E-state index is -0.863. The van der Waals surface area contributed by atoms with Gasteiger partial charge in [0.2, 0.25) is 6.10 Å². The Balaban J connectivity index is 2.27. The van der Waals surface area contributed by atoms with E-state index < -0.39 is 12.0 Å². The van der Waals surface area contributed by atoms with Crippen LogP contribution in [0.5, 0.6) is 5.75 Å². The molecule has 2 rings (SSSR count). The van der Waals surface area contributed by atoms with E-state index in [2.05, 4.69) is 0 Å². The number of hydrogen-bond donors (Lipinski definition) is 1. The van der Waals surface area contributed by atoms with Crippen LogP contribution in [-0.2, 0) is 4.79 Å². The quantitative estimate of drug-likeness (QED) is 0.937. The third-order valence-electron chi connectivity index (χ3n) is 2.51. The van der Waals surface area contributed by atoms with Gasteiger partial charge in [-0.05, 0) is 12.1 Å². The molecule has 1 atom stereocenters. The van der Waals surface area contributed by atoms with E-state index in [0.29, 0.717) is 21.4 Å². The number of carbonyl (C=O) groups excluding carboxylic acids is 1. The summed E-state index contributed by atoms with van der Waals surface area (Å²) in [5, 5.41) is 0.778. The fraction of sp³-hybridized carbons (Fsp3) is 0.0714. The first-order valence-corrected chi connectivity index (χ1v) is 6.29. The average molecular weight is 296 g/mol. The molecule has 0 aliphatic carbocycles. The molecule has 0 aliphatic rings. The summed E-state index contributed by atoms with van der Waals surface area (Å²) in [6, 6.07) is 13.8. The van der Waals surface area contributed by atoms with Crippen LogP contribution in [0.25, 0.3) is 0 Å². The molecule has 0 spiro atoms. The van der Waals surface area contributed by atoms with Gasteiger partial charge in [-0.25, -0.2) is 0 Å². The first-order valence-electron chi connectivity index (χ1n) is 5.54. The molecular formula is C14H11Cl2NO2. The molecule has 5 heteroatoms. The summed E-state index contributed by atoms with van der Waals surface area (Å²) in [4.78, 5) is 11.5. The average Bonchev–Trinajstić information content (AvgIpc) is 2.40. The van der Waals surface area contributed by atoms with Gasteiger partial charge in [-0.15, -0.1) is 0 Å². The number of benzene rings is 2. The van der Waals surface area contributed by atoms with Crippen LogP contribution >= 0.6 is 23.2 Å². The van der Waals surface area contributed by atoms with Crippen molar-refractivity contribution in [1.82, 2.24) is 0 Å². The molecule has 2 aromatic rings. The summed E-state index contributed by atoms with van der Waals surface area (Å²) >= 11 is 11.7. The molecule has 0 aromatic heterocycles. The van der Waals surface area contributed by atoms with Crippen LogP contribution in [0.4, 0.5) is 0 Å². The number of carbonyl (C=O) groups is 1. The standard InChI is InChI=1S/C14H11Cl2NO2/c15-11-7-6-10(8-12(11)16)19-13(14(17)18)9-4-2-1-3-5-9/h1-8,13H,(H2,17,18)/t13-/m0/s1. The maximum absolute atomic E-state index is 11.5. The molecule has 0 saturated heterocycles. The molecule has 0 aliphatic heterocycles.